The normalized spacial score (nSPS) is 11.7. The van der Waals surface area contributed by atoms with Gasteiger partial charge in [-0.05, 0) is 13.3 Å². The molecule has 0 saturated carbocycles. The third-order valence-electron chi connectivity index (χ3n) is 7.94. The minimum Gasteiger partial charge on any atom is -0.379 e. The van der Waals surface area contributed by atoms with Crippen LogP contribution in [0.2, 0.25) is 0 Å². The molecule has 0 aromatic carbocycles. The van der Waals surface area contributed by atoms with Gasteiger partial charge in [-0.15, -0.1) is 0 Å². The van der Waals surface area contributed by atoms with Crippen LogP contribution < -0.4 is 0 Å². The topological polar surface area (TPSA) is 111 Å². The Hall–Kier alpha value is -0.480. The maximum absolute atomic E-state index is 5.68. The van der Waals surface area contributed by atoms with E-state index in [9.17, 15) is 0 Å². The van der Waals surface area contributed by atoms with Crippen LogP contribution in [0.4, 0.5) is 0 Å². The van der Waals surface area contributed by atoms with Gasteiger partial charge >= 0.3 is 0 Å². The lowest BCUT2D eigenvalue weighted by Gasteiger charge is -2.09. The molecule has 0 saturated heterocycles. The number of ether oxygens (including phenoxy) is 12. The summed E-state index contributed by atoms with van der Waals surface area (Å²) in [6.07, 6.45) is 19.3. The van der Waals surface area contributed by atoms with E-state index in [4.69, 9.17) is 56.8 Å². The molecular formula is C40H82O12. The van der Waals surface area contributed by atoms with Crippen LogP contribution >= 0.6 is 0 Å². The van der Waals surface area contributed by atoms with Gasteiger partial charge in [0, 0.05) is 13.2 Å². The quantitative estimate of drug-likeness (QED) is 0.0618. The minimum atomic E-state index is 0.522. The highest BCUT2D eigenvalue weighted by molar-refractivity contribution is 4.49. The first-order valence-corrected chi connectivity index (χ1v) is 20.8. The molecule has 0 aliphatic carbocycles. The molecule has 0 aliphatic heterocycles. The summed E-state index contributed by atoms with van der Waals surface area (Å²) in [5.74, 6) is 0. The van der Waals surface area contributed by atoms with Crippen molar-refractivity contribution in [1.29, 1.82) is 0 Å². The van der Waals surface area contributed by atoms with Crippen molar-refractivity contribution >= 4 is 0 Å². The summed E-state index contributed by atoms with van der Waals surface area (Å²) in [7, 11) is 0. The van der Waals surface area contributed by atoms with Crippen LogP contribution in [-0.2, 0) is 56.8 Å². The number of rotatable bonds is 49. The number of unbranched alkanes of at least 4 members (excludes halogenated alkanes) is 13. The first kappa shape index (κ1) is 51.5. The summed E-state index contributed by atoms with van der Waals surface area (Å²) < 4.78 is 65.8. The van der Waals surface area contributed by atoms with Crippen LogP contribution in [0.25, 0.3) is 0 Å². The van der Waals surface area contributed by atoms with Crippen LogP contribution in [0.5, 0.6) is 0 Å². The van der Waals surface area contributed by atoms with Gasteiger partial charge in [0.25, 0.3) is 0 Å². The fourth-order valence-corrected chi connectivity index (χ4v) is 4.96. The summed E-state index contributed by atoms with van der Waals surface area (Å²) in [5.41, 5.74) is 0. The summed E-state index contributed by atoms with van der Waals surface area (Å²) >= 11 is 0. The van der Waals surface area contributed by atoms with Gasteiger partial charge in [-0.3, -0.25) is 0 Å². The first-order chi connectivity index (χ1) is 25.9. The zero-order valence-corrected chi connectivity index (χ0v) is 33.8. The highest BCUT2D eigenvalue weighted by Gasteiger charge is 1.98. The molecule has 0 aromatic heterocycles. The molecule has 12 heteroatoms. The Labute approximate surface area is 318 Å². The molecule has 0 spiro atoms. The van der Waals surface area contributed by atoms with Gasteiger partial charge in [0.15, 0.2) is 0 Å². The summed E-state index contributed by atoms with van der Waals surface area (Å²) in [5, 5.41) is 0. The number of hydrogen-bond donors (Lipinski definition) is 0. The maximum atomic E-state index is 5.68. The van der Waals surface area contributed by atoms with E-state index in [2.05, 4.69) is 6.92 Å². The first-order valence-electron chi connectivity index (χ1n) is 20.8. The summed E-state index contributed by atoms with van der Waals surface area (Å²) in [6.45, 7) is 18.0. The molecule has 0 N–H and O–H groups in total. The smallest absolute Gasteiger partial charge is 0.0701 e. The Kier molecular flexibility index (Phi) is 50.1. The molecule has 52 heavy (non-hydrogen) atoms. The van der Waals surface area contributed by atoms with Crippen molar-refractivity contribution in [2.75, 3.05) is 159 Å². The van der Waals surface area contributed by atoms with E-state index in [1.807, 2.05) is 6.92 Å². The van der Waals surface area contributed by atoms with E-state index >= 15 is 0 Å². The molecule has 0 amide bonds. The lowest BCUT2D eigenvalue weighted by molar-refractivity contribution is -0.0282. The Morgan fingerprint density at radius 1 is 0.173 bits per heavy atom. The molecule has 0 bridgehead atoms. The van der Waals surface area contributed by atoms with Gasteiger partial charge < -0.3 is 56.8 Å². The average Bonchev–Trinajstić information content (AvgIpc) is 3.16. The summed E-state index contributed by atoms with van der Waals surface area (Å²) in [4.78, 5) is 0. The molecule has 0 atom stereocenters. The van der Waals surface area contributed by atoms with Crippen LogP contribution in [0.1, 0.15) is 104 Å². The van der Waals surface area contributed by atoms with Gasteiger partial charge in [-0.25, -0.2) is 0 Å². The highest BCUT2D eigenvalue weighted by Crippen LogP contribution is 2.13. The Morgan fingerprint density at radius 3 is 0.558 bits per heavy atom. The Bertz CT molecular complexity index is 555. The van der Waals surface area contributed by atoms with E-state index in [1.165, 1.54) is 83.5 Å². The van der Waals surface area contributed by atoms with E-state index in [0.29, 0.717) is 152 Å². The molecule has 12 nitrogen and oxygen atoms in total. The van der Waals surface area contributed by atoms with Crippen molar-refractivity contribution in [3.63, 3.8) is 0 Å². The van der Waals surface area contributed by atoms with Crippen molar-refractivity contribution in [1.82, 2.24) is 0 Å². The Morgan fingerprint density at radius 2 is 0.346 bits per heavy atom. The zero-order valence-electron chi connectivity index (χ0n) is 33.8. The molecule has 0 rings (SSSR count). The molecule has 0 aromatic rings. The second-order valence-corrected chi connectivity index (χ2v) is 12.5. The summed E-state index contributed by atoms with van der Waals surface area (Å²) in [6, 6.07) is 0. The predicted octanol–water partition coefficient (Wildman–Crippen LogP) is 6.69. The lowest BCUT2D eigenvalue weighted by Crippen LogP contribution is -2.15. The van der Waals surface area contributed by atoms with Gasteiger partial charge in [0.1, 0.15) is 0 Å². The molecule has 0 unspecified atom stereocenters. The van der Waals surface area contributed by atoms with Crippen molar-refractivity contribution in [2.45, 2.75) is 104 Å². The largest absolute Gasteiger partial charge is 0.379 e. The second-order valence-electron chi connectivity index (χ2n) is 12.5. The predicted molar refractivity (Wildman–Crippen MR) is 206 cm³/mol. The SMILES string of the molecule is CCCCCCCCCCCCCCCCOCCOCCOCCOCCOCCOCCOCCOCCOCCOCCOCCOCC. The zero-order chi connectivity index (χ0) is 37.4. The monoisotopic (exact) mass is 755 g/mol. The fraction of sp³-hybridized carbons (Fsp3) is 1.00. The third-order valence-corrected chi connectivity index (χ3v) is 7.94. The van der Waals surface area contributed by atoms with Crippen LogP contribution in [-0.4, -0.2) is 159 Å². The van der Waals surface area contributed by atoms with E-state index in [1.54, 1.807) is 0 Å². The van der Waals surface area contributed by atoms with E-state index in [0.717, 1.165) is 13.0 Å². The van der Waals surface area contributed by atoms with Crippen molar-refractivity contribution in [3.05, 3.63) is 0 Å². The number of hydrogen-bond acceptors (Lipinski definition) is 12. The molecule has 0 fully saturated rings. The molecule has 0 heterocycles. The minimum absolute atomic E-state index is 0.522. The molecule has 0 aliphatic rings. The van der Waals surface area contributed by atoms with Crippen molar-refractivity contribution in [2.24, 2.45) is 0 Å². The lowest BCUT2D eigenvalue weighted by atomic mass is 10.0. The Balaban J connectivity index is 3.04. The van der Waals surface area contributed by atoms with Gasteiger partial charge in [0.05, 0.1) is 145 Å². The second kappa shape index (κ2) is 50.5. The van der Waals surface area contributed by atoms with Crippen LogP contribution in [0, 0.1) is 0 Å². The maximum Gasteiger partial charge on any atom is 0.0701 e. The van der Waals surface area contributed by atoms with Gasteiger partial charge in [-0.1, -0.05) is 90.4 Å². The van der Waals surface area contributed by atoms with E-state index in [-0.39, 0.29) is 0 Å². The molecule has 0 radical (unpaired) electrons. The van der Waals surface area contributed by atoms with Crippen LogP contribution in [0.15, 0.2) is 0 Å². The third kappa shape index (κ3) is 49.5. The van der Waals surface area contributed by atoms with Crippen molar-refractivity contribution < 1.29 is 56.8 Å². The van der Waals surface area contributed by atoms with Crippen LogP contribution in [0.3, 0.4) is 0 Å². The van der Waals surface area contributed by atoms with Crippen molar-refractivity contribution in [3.8, 4) is 0 Å². The average molecular weight is 755 g/mol. The van der Waals surface area contributed by atoms with E-state index < -0.39 is 0 Å². The fourth-order valence-electron chi connectivity index (χ4n) is 4.96. The standard InChI is InChI=1S/C40H82O12/c1-3-5-6-7-8-9-10-11-12-13-14-15-16-17-18-42-21-22-44-25-26-46-29-30-48-33-34-50-37-38-52-40-39-51-36-35-49-32-31-47-28-27-45-24-23-43-20-19-41-4-2/h3-40H2,1-2H3. The highest BCUT2D eigenvalue weighted by atomic mass is 16.6. The van der Waals surface area contributed by atoms with Gasteiger partial charge in [-0.2, -0.15) is 0 Å². The molecular weight excluding hydrogens is 672 g/mol. The van der Waals surface area contributed by atoms with Gasteiger partial charge in [0.2, 0.25) is 0 Å². The molecule has 314 valence electrons.